The van der Waals surface area contributed by atoms with Crippen LogP contribution in [-0.4, -0.2) is 22.2 Å². The molecule has 0 amide bonds. The molecule has 2 aromatic rings. The maximum atomic E-state index is 12.6. The Morgan fingerprint density at radius 1 is 1.00 bits per heavy atom. The zero-order valence-electron chi connectivity index (χ0n) is 12.9. The van der Waals surface area contributed by atoms with Crippen LogP contribution in [0.1, 0.15) is 24.8 Å². The van der Waals surface area contributed by atoms with Crippen molar-refractivity contribution >= 4 is 5.82 Å². The molecule has 0 unspecified atom stereocenters. The smallest absolute Gasteiger partial charge is 0.332 e. The molecule has 0 radical (unpaired) electrons. The molecule has 0 aliphatic carbocycles. The number of benzene rings is 1. The Morgan fingerprint density at radius 2 is 1.68 bits per heavy atom. The van der Waals surface area contributed by atoms with E-state index < -0.39 is 0 Å². The van der Waals surface area contributed by atoms with E-state index in [0.29, 0.717) is 6.54 Å². The molecule has 1 aliphatic rings. The zero-order valence-corrected chi connectivity index (χ0v) is 12.9. The van der Waals surface area contributed by atoms with Crippen molar-refractivity contribution in [3.05, 3.63) is 62.8 Å². The van der Waals surface area contributed by atoms with Crippen LogP contribution in [-0.2, 0) is 13.6 Å². The van der Waals surface area contributed by atoms with Crippen LogP contribution < -0.4 is 16.1 Å². The van der Waals surface area contributed by atoms with E-state index in [1.807, 2.05) is 30.3 Å². The van der Waals surface area contributed by atoms with Gasteiger partial charge in [-0.05, 0) is 24.8 Å². The average Bonchev–Trinajstić information content (AvgIpc) is 2.57. The number of nitrogens with zero attached hydrogens (tertiary/aromatic N) is 3. The van der Waals surface area contributed by atoms with Crippen LogP contribution in [0.5, 0.6) is 0 Å². The molecule has 1 aliphatic heterocycles. The molecule has 0 N–H and O–H groups in total. The van der Waals surface area contributed by atoms with E-state index in [9.17, 15) is 9.59 Å². The van der Waals surface area contributed by atoms with Crippen LogP contribution >= 0.6 is 0 Å². The molecule has 116 valence electrons. The molecule has 5 heteroatoms. The van der Waals surface area contributed by atoms with Gasteiger partial charge in [0.25, 0.3) is 5.56 Å². The molecular weight excluding hydrogens is 278 g/mol. The molecule has 1 saturated heterocycles. The van der Waals surface area contributed by atoms with Crippen molar-refractivity contribution in [1.29, 1.82) is 0 Å². The Bertz CT molecular complexity index is 756. The summed E-state index contributed by atoms with van der Waals surface area (Å²) in [5.74, 6) is 0.747. The third kappa shape index (κ3) is 2.84. The van der Waals surface area contributed by atoms with E-state index in [1.54, 1.807) is 10.6 Å². The summed E-state index contributed by atoms with van der Waals surface area (Å²) in [6.07, 6.45) is 3.42. The van der Waals surface area contributed by atoms with E-state index in [1.165, 1.54) is 18.0 Å². The number of hydrogen-bond donors (Lipinski definition) is 0. The fourth-order valence-corrected chi connectivity index (χ4v) is 2.96. The van der Waals surface area contributed by atoms with Crippen molar-refractivity contribution in [3.8, 4) is 0 Å². The summed E-state index contributed by atoms with van der Waals surface area (Å²) < 4.78 is 2.89. The first kappa shape index (κ1) is 14.6. The van der Waals surface area contributed by atoms with Gasteiger partial charge in [-0.15, -0.1) is 0 Å². The number of rotatable bonds is 3. The molecular formula is C17H21N3O2. The van der Waals surface area contributed by atoms with Crippen LogP contribution in [0.25, 0.3) is 0 Å². The summed E-state index contributed by atoms with van der Waals surface area (Å²) in [5.41, 5.74) is 0.563. The quantitative estimate of drug-likeness (QED) is 0.864. The summed E-state index contributed by atoms with van der Waals surface area (Å²) in [4.78, 5) is 26.7. The standard InChI is InChI=1S/C17H21N3O2/c1-18-16(21)12-15(19-10-6-3-7-11-19)20(17(18)22)13-14-8-4-2-5-9-14/h2,4-5,8-9,12H,3,6-7,10-11,13H2,1H3. The Morgan fingerprint density at radius 3 is 2.36 bits per heavy atom. The molecule has 1 aromatic carbocycles. The third-order valence-electron chi connectivity index (χ3n) is 4.24. The van der Waals surface area contributed by atoms with Crippen molar-refractivity contribution in [2.24, 2.45) is 7.05 Å². The first-order chi connectivity index (χ1) is 10.7. The SMILES string of the molecule is Cn1c(=O)cc(N2CCCCC2)n(Cc2ccccc2)c1=O. The van der Waals surface area contributed by atoms with E-state index in [0.717, 1.165) is 37.3 Å². The van der Waals surface area contributed by atoms with Crippen LogP contribution in [0.3, 0.4) is 0 Å². The van der Waals surface area contributed by atoms with Crippen molar-refractivity contribution < 1.29 is 0 Å². The minimum Gasteiger partial charge on any atom is -0.358 e. The van der Waals surface area contributed by atoms with Crippen molar-refractivity contribution in [1.82, 2.24) is 9.13 Å². The Balaban J connectivity index is 2.07. The summed E-state index contributed by atoms with van der Waals surface area (Å²) in [6, 6.07) is 11.5. The molecule has 2 heterocycles. The monoisotopic (exact) mass is 299 g/mol. The second kappa shape index (κ2) is 6.22. The predicted octanol–water partition coefficient (Wildman–Crippen LogP) is 1.59. The topological polar surface area (TPSA) is 47.2 Å². The Labute approximate surface area is 129 Å². The highest BCUT2D eigenvalue weighted by atomic mass is 16.2. The van der Waals surface area contributed by atoms with Gasteiger partial charge in [0.15, 0.2) is 0 Å². The number of hydrogen-bond acceptors (Lipinski definition) is 3. The fraction of sp³-hybridized carbons (Fsp3) is 0.412. The highest BCUT2D eigenvalue weighted by Crippen LogP contribution is 2.18. The minimum absolute atomic E-state index is 0.241. The lowest BCUT2D eigenvalue weighted by Gasteiger charge is -2.30. The third-order valence-corrected chi connectivity index (χ3v) is 4.24. The first-order valence-corrected chi connectivity index (χ1v) is 7.76. The van der Waals surface area contributed by atoms with Gasteiger partial charge in [0, 0.05) is 26.2 Å². The summed E-state index contributed by atoms with van der Waals surface area (Å²) in [5, 5.41) is 0. The summed E-state index contributed by atoms with van der Waals surface area (Å²) in [6.45, 7) is 2.29. The molecule has 0 spiro atoms. The summed E-state index contributed by atoms with van der Waals surface area (Å²) >= 11 is 0. The van der Waals surface area contributed by atoms with Crippen molar-refractivity contribution in [2.75, 3.05) is 18.0 Å². The molecule has 5 nitrogen and oxygen atoms in total. The largest absolute Gasteiger partial charge is 0.358 e. The van der Waals surface area contributed by atoms with Gasteiger partial charge in [0.05, 0.1) is 6.54 Å². The van der Waals surface area contributed by atoms with Crippen LogP contribution in [0, 0.1) is 0 Å². The van der Waals surface area contributed by atoms with Gasteiger partial charge in [-0.1, -0.05) is 30.3 Å². The predicted molar refractivity (Wildman–Crippen MR) is 87.6 cm³/mol. The molecule has 0 atom stereocenters. The van der Waals surface area contributed by atoms with E-state index in [2.05, 4.69) is 4.90 Å². The number of anilines is 1. The Hall–Kier alpha value is -2.30. The lowest BCUT2D eigenvalue weighted by molar-refractivity contribution is 0.548. The zero-order chi connectivity index (χ0) is 15.5. The average molecular weight is 299 g/mol. The van der Waals surface area contributed by atoms with Crippen molar-refractivity contribution in [3.63, 3.8) is 0 Å². The van der Waals surface area contributed by atoms with Gasteiger partial charge in [0.1, 0.15) is 5.82 Å². The van der Waals surface area contributed by atoms with Crippen LogP contribution in [0.15, 0.2) is 46.0 Å². The number of piperidine rings is 1. The summed E-state index contributed by atoms with van der Waals surface area (Å²) in [7, 11) is 1.53. The lowest BCUT2D eigenvalue weighted by atomic mass is 10.1. The normalized spacial score (nSPS) is 15.0. The number of aromatic nitrogens is 2. The second-order valence-electron chi connectivity index (χ2n) is 5.80. The fourth-order valence-electron chi connectivity index (χ4n) is 2.96. The van der Waals surface area contributed by atoms with Crippen molar-refractivity contribution in [2.45, 2.75) is 25.8 Å². The molecule has 1 fully saturated rings. The lowest BCUT2D eigenvalue weighted by Crippen LogP contribution is -2.43. The molecule has 1 aromatic heterocycles. The molecule has 0 saturated carbocycles. The van der Waals surface area contributed by atoms with Gasteiger partial charge in [-0.25, -0.2) is 4.79 Å². The second-order valence-corrected chi connectivity index (χ2v) is 5.80. The minimum atomic E-state index is -0.253. The van der Waals surface area contributed by atoms with Gasteiger partial charge in [0.2, 0.25) is 0 Å². The van der Waals surface area contributed by atoms with Gasteiger partial charge in [-0.3, -0.25) is 13.9 Å². The molecule has 3 rings (SSSR count). The van der Waals surface area contributed by atoms with Gasteiger partial charge < -0.3 is 4.90 Å². The molecule has 0 bridgehead atoms. The van der Waals surface area contributed by atoms with E-state index in [4.69, 9.17) is 0 Å². The Kier molecular flexibility index (Phi) is 4.13. The highest BCUT2D eigenvalue weighted by Gasteiger charge is 2.17. The van der Waals surface area contributed by atoms with E-state index in [-0.39, 0.29) is 11.2 Å². The van der Waals surface area contributed by atoms with Crippen LogP contribution in [0.2, 0.25) is 0 Å². The van der Waals surface area contributed by atoms with Gasteiger partial charge >= 0.3 is 5.69 Å². The molecule has 22 heavy (non-hydrogen) atoms. The van der Waals surface area contributed by atoms with E-state index >= 15 is 0 Å². The van der Waals surface area contributed by atoms with Crippen LogP contribution in [0.4, 0.5) is 5.82 Å². The maximum Gasteiger partial charge on any atom is 0.332 e. The van der Waals surface area contributed by atoms with Gasteiger partial charge in [-0.2, -0.15) is 0 Å². The first-order valence-electron chi connectivity index (χ1n) is 7.76. The highest BCUT2D eigenvalue weighted by molar-refractivity contribution is 5.39. The maximum absolute atomic E-state index is 12.6.